The van der Waals surface area contributed by atoms with Crippen LogP contribution < -0.4 is 5.32 Å². The molecule has 0 spiro atoms. The highest BCUT2D eigenvalue weighted by molar-refractivity contribution is 9.10. The Morgan fingerprint density at radius 2 is 2.25 bits per heavy atom. The molecule has 1 aromatic rings. The van der Waals surface area contributed by atoms with Crippen molar-refractivity contribution >= 4 is 15.9 Å². The fourth-order valence-corrected chi connectivity index (χ4v) is 2.04. The summed E-state index contributed by atoms with van der Waals surface area (Å²) in [4.78, 5) is 0. The van der Waals surface area contributed by atoms with E-state index in [1.54, 1.807) is 0 Å². The molecule has 1 aliphatic heterocycles. The Morgan fingerprint density at radius 3 is 2.94 bits per heavy atom. The van der Waals surface area contributed by atoms with Gasteiger partial charge in [0.25, 0.3) is 0 Å². The zero-order valence-corrected chi connectivity index (χ0v) is 10.2. The molecule has 1 aromatic carbocycles. The van der Waals surface area contributed by atoms with Crippen molar-refractivity contribution in [3.05, 3.63) is 33.8 Å². The monoisotopic (exact) mass is 291 g/mol. The van der Waals surface area contributed by atoms with Gasteiger partial charge >= 0.3 is 0 Å². The van der Waals surface area contributed by atoms with Crippen LogP contribution in [0.2, 0.25) is 0 Å². The van der Waals surface area contributed by atoms with Crippen LogP contribution in [-0.4, -0.2) is 19.3 Å². The second-order valence-electron chi connectivity index (χ2n) is 3.76. The van der Waals surface area contributed by atoms with E-state index in [0.717, 1.165) is 6.42 Å². The van der Waals surface area contributed by atoms with Gasteiger partial charge < -0.3 is 10.1 Å². The van der Waals surface area contributed by atoms with E-state index in [-0.39, 0.29) is 22.6 Å². The van der Waals surface area contributed by atoms with E-state index in [4.69, 9.17) is 4.74 Å². The van der Waals surface area contributed by atoms with Crippen molar-refractivity contribution in [1.29, 1.82) is 0 Å². The number of nitrogens with one attached hydrogen (secondary N) is 1. The SMILES string of the molecule is Fc1ccc(Br)c(F)c1CNC1CCOC1. The summed E-state index contributed by atoms with van der Waals surface area (Å²) >= 11 is 3.04. The van der Waals surface area contributed by atoms with Crippen LogP contribution in [0.25, 0.3) is 0 Å². The van der Waals surface area contributed by atoms with Crippen LogP contribution in [0.1, 0.15) is 12.0 Å². The summed E-state index contributed by atoms with van der Waals surface area (Å²) in [5, 5.41) is 3.08. The van der Waals surface area contributed by atoms with Crippen LogP contribution in [0.15, 0.2) is 16.6 Å². The summed E-state index contributed by atoms with van der Waals surface area (Å²) < 4.78 is 32.4. The zero-order chi connectivity index (χ0) is 11.5. The van der Waals surface area contributed by atoms with E-state index in [9.17, 15) is 8.78 Å². The van der Waals surface area contributed by atoms with Crippen molar-refractivity contribution < 1.29 is 13.5 Å². The standard InChI is InChI=1S/C11H12BrF2NO/c12-9-1-2-10(13)8(11(9)14)5-15-7-3-4-16-6-7/h1-2,7,15H,3-6H2. The lowest BCUT2D eigenvalue weighted by Gasteiger charge is -2.12. The van der Waals surface area contributed by atoms with Gasteiger partial charge in [-0.15, -0.1) is 0 Å². The van der Waals surface area contributed by atoms with Crippen LogP contribution >= 0.6 is 15.9 Å². The fraction of sp³-hybridized carbons (Fsp3) is 0.455. The highest BCUT2D eigenvalue weighted by Crippen LogP contribution is 2.21. The third kappa shape index (κ3) is 2.59. The molecule has 0 bridgehead atoms. The topological polar surface area (TPSA) is 21.3 Å². The Hall–Kier alpha value is -0.520. The molecule has 1 atom stereocenters. The van der Waals surface area contributed by atoms with E-state index >= 15 is 0 Å². The van der Waals surface area contributed by atoms with Gasteiger partial charge in [0.15, 0.2) is 0 Å². The van der Waals surface area contributed by atoms with Gasteiger partial charge in [-0.2, -0.15) is 0 Å². The molecule has 1 heterocycles. The summed E-state index contributed by atoms with van der Waals surface area (Å²) in [6, 6.07) is 2.82. The molecule has 88 valence electrons. The molecule has 0 saturated carbocycles. The highest BCUT2D eigenvalue weighted by atomic mass is 79.9. The molecular weight excluding hydrogens is 280 g/mol. The van der Waals surface area contributed by atoms with Crippen molar-refractivity contribution in [2.24, 2.45) is 0 Å². The van der Waals surface area contributed by atoms with Gasteiger partial charge in [0, 0.05) is 24.8 Å². The Bertz CT molecular complexity index is 380. The predicted molar refractivity (Wildman–Crippen MR) is 60.1 cm³/mol. The number of ether oxygens (including phenoxy) is 1. The van der Waals surface area contributed by atoms with Gasteiger partial charge in [-0.1, -0.05) is 0 Å². The lowest BCUT2D eigenvalue weighted by molar-refractivity contribution is 0.189. The number of hydrogen-bond acceptors (Lipinski definition) is 2. The third-order valence-electron chi connectivity index (χ3n) is 2.64. The molecule has 16 heavy (non-hydrogen) atoms. The minimum atomic E-state index is -0.536. The van der Waals surface area contributed by atoms with E-state index in [2.05, 4.69) is 21.2 Å². The number of hydrogen-bond donors (Lipinski definition) is 1. The van der Waals surface area contributed by atoms with Gasteiger partial charge in [-0.3, -0.25) is 0 Å². The number of benzene rings is 1. The van der Waals surface area contributed by atoms with Gasteiger partial charge in [0.1, 0.15) is 11.6 Å². The van der Waals surface area contributed by atoms with E-state index in [1.165, 1.54) is 12.1 Å². The molecule has 2 rings (SSSR count). The second-order valence-corrected chi connectivity index (χ2v) is 4.62. The molecule has 0 aliphatic carbocycles. The minimum Gasteiger partial charge on any atom is -0.380 e. The van der Waals surface area contributed by atoms with Gasteiger partial charge in [-0.25, -0.2) is 8.78 Å². The smallest absolute Gasteiger partial charge is 0.144 e. The first-order valence-electron chi connectivity index (χ1n) is 5.12. The van der Waals surface area contributed by atoms with Crippen LogP contribution in [0.5, 0.6) is 0 Å². The molecule has 1 aliphatic rings. The van der Waals surface area contributed by atoms with Crippen molar-refractivity contribution in [1.82, 2.24) is 5.32 Å². The Balaban J connectivity index is 2.05. The molecular formula is C11H12BrF2NO. The number of halogens is 3. The lowest BCUT2D eigenvalue weighted by Crippen LogP contribution is -2.29. The average molecular weight is 292 g/mol. The van der Waals surface area contributed by atoms with Gasteiger partial charge in [0.05, 0.1) is 11.1 Å². The molecule has 0 aromatic heterocycles. The summed E-state index contributed by atoms with van der Waals surface area (Å²) in [6.07, 6.45) is 0.886. The molecule has 1 N–H and O–H groups in total. The summed E-state index contributed by atoms with van der Waals surface area (Å²) in [6.45, 7) is 1.50. The predicted octanol–water partition coefficient (Wildman–Crippen LogP) is 2.61. The molecule has 0 amide bonds. The average Bonchev–Trinajstić information content (AvgIpc) is 2.77. The molecule has 2 nitrogen and oxygen atoms in total. The quantitative estimate of drug-likeness (QED) is 0.865. The first kappa shape index (κ1) is 12.0. The van der Waals surface area contributed by atoms with Crippen LogP contribution in [0.3, 0.4) is 0 Å². The Morgan fingerprint density at radius 1 is 1.44 bits per heavy atom. The summed E-state index contributed by atoms with van der Waals surface area (Å²) in [5.41, 5.74) is 0.0706. The molecule has 0 radical (unpaired) electrons. The third-order valence-corrected chi connectivity index (χ3v) is 3.25. The largest absolute Gasteiger partial charge is 0.380 e. The van der Waals surface area contributed by atoms with Gasteiger partial charge in [0.2, 0.25) is 0 Å². The van der Waals surface area contributed by atoms with Gasteiger partial charge in [-0.05, 0) is 34.5 Å². The first-order valence-corrected chi connectivity index (χ1v) is 5.91. The Kier molecular flexibility index (Phi) is 3.89. The summed E-state index contributed by atoms with van der Waals surface area (Å²) in [7, 11) is 0. The van der Waals surface area contributed by atoms with E-state index in [1.807, 2.05) is 0 Å². The molecule has 1 saturated heterocycles. The molecule has 5 heteroatoms. The first-order chi connectivity index (χ1) is 7.68. The van der Waals surface area contributed by atoms with Crippen molar-refractivity contribution in [2.45, 2.75) is 19.0 Å². The van der Waals surface area contributed by atoms with Crippen molar-refractivity contribution in [2.75, 3.05) is 13.2 Å². The van der Waals surface area contributed by atoms with Crippen LogP contribution in [0.4, 0.5) is 8.78 Å². The maximum Gasteiger partial charge on any atom is 0.144 e. The molecule has 1 fully saturated rings. The van der Waals surface area contributed by atoms with E-state index < -0.39 is 11.6 Å². The fourth-order valence-electron chi connectivity index (χ4n) is 1.67. The lowest BCUT2D eigenvalue weighted by atomic mass is 10.1. The zero-order valence-electron chi connectivity index (χ0n) is 8.60. The van der Waals surface area contributed by atoms with Crippen molar-refractivity contribution in [3.63, 3.8) is 0 Å². The second kappa shape index (κ2) is 5.21. The maximum absolute atomic E-state index is 13.6. The van der Waals surface area contributed by atoms with E-state index in [0.29, 0.717) is 13.2 Å². The Labute approximate surface area is 101 Å². The number of rotatable bonds is 3. The maximum atomic E-state index is 13.6. The summed E-state index contributed by atoms with van der Waals surface area (Å²) in [5.74, 6) is -1.06. The highest BCUT2D eigenvalue weighted by Gasteiger charge is 2.17. The van der Waals surface area contributed by atoms with Crippen LogP contribution in [-0.2, 0) is 11.3 Å². The molecule has 1 unspecified atom stereocenters. The normalized spacial score (nSPS) is 20.3. The minimum absolute atomic E-state index is 0.0706. The van der Waals surface area contributed by atoms with Crippen molar-refractivity contribution in [3.8, 4) is 0 Å². The van der Waals surface area contributed by atoms with Crippen LogP contribution in [0, 0.1) is 11.6 Å².